The number of hydrogen-bond donors (Lipinski definition) is 2. The molecule has 4 aromatic rings. The van der Waals surface area contributed by atoms with Crippen molar-refractivity contribution >= 4 is 23.0 Å². The average molecular weight is 603 g/mol. The Morgan fingerprint density at radius 3 is 2.38 bits per heavy atom. The van der Waals surface area contributed by atoms with Gasteiger partial charge in [0.2, 0.25) is 0 Å². The van der Waals surface area contributed by atoms with Crippen LogP contribution in [0.1, 0.15) is 69.6 Å². The summed E-state index contributed by atoms with van der Waals surface area (Å²) in [5, 5.41) is 19.6. The normalized spacial score (nSPS) is 23.2. The van der Waals surface area contributed by atoms with Gasteiger partial charge in [-0.05, 0) is 70.5 Å². The van der Waals surface area contributed by atoms with Crippen LogP contribution in [0.3, 0.4) is 0 Å². The van der Waals surface area contributed by atoms with Crippen molar-refractivity contribution in [3.8, 4) is 11.6 Å². The minimum atomic E-state index is -0.921. The Bertz CT molecular complexity index is 1840. The van der Waals surface area contributed by atoms with Gasteiger partial charge in [0, 0.05) is 24.2 Å². The number of nitrogens with one attached hydrogen (secondary N) is 1. The Morgan fingerprint density at radius 2 is 1.64 bits per heavy atom. The molecule has 3 aromatic carbocycles. The lowest BCUT2D eigenvalue weighted by molar-refractivity contribution is -0.121. The second-order valence-electron chi connectivity index (χ2n) is 12.7. The number of allylic oxidation sites excluding steroid dienone is 1. The summed E-state index contributed by atoms with van der Waals surface area (Å²) in [5.74, 6) is -0.641. The third-order valence-electron chi connectivity index (χ3n) is 9.96. The first kappa shape index (κ1) is 27.7. The molecular weight excluding hydrogens is 568 g/mol. The minimum Gasteiger partial charge on any atom is -0.507 e. The Morgan fingerprint density at radius 1 is 0.933 bits per heavy atom. The van der Waals surface area contributed by atoms with Crippen molar-refractivity contribution in [3.63, 3.8) is 0 Å². The van der Waals surface area contributed by atoms with Crippen LogP contribution in [0.5, 0.6) is 11.6 Å². The molecule has 4 unspecified atom stereocenters. The molecule has 1 fully saturated rings. The van der Waals surface area contributed by atoms with Gasteiger partial charge in [0.05, 0.1) is 11.5 Å². The molecule has 0 saturated heterocycles. The second kappa shape index (κ2) is 10.9. The first-order valence-corrected chi connectivity index (χ1v) is 15.8. The van der Waals surface area contributed by atoms with Crippen molar-refractivity contribution in [1.29, 1.82) is 0 Å². The highest BCUT2D eigenvalue weighted by Crippen LogP contribution is 2.53. The number of anilines is 1. The number of hydrogen-bond acceptors (Lipinski definition) is 8. The summed E-state index contributed by atoms with van der Waals surface area (Å²) >= 11 is 0. The first-order chi connectivity index (χ1) is 22.0. The summed E-state index contributed by atoms with van der Waals surface area (Å²) in [6.45, 7) is 3.61. The summed E-state index contributed by atoms with van der Waals surface area (Å²) in [6, 6.07) is 21.5. The molecule has 8 nitrogen and oxygen atoms in total. The third-order valence-corrected chi connectivity index (χ3v) is 9.96. The van der Waals surface area contributed by atoms with E-state index in [-0.39, 0.29) is 47.2 Å². The summed E-state index contributed by atoms with van der Waals surface area (Å²) in [5.41, 5.74) is 6.26. The molecule has 0 radical (unpaired) electrons. The van der Waals surface area contributed by atoms with Crippen LogP contribution in [0.25, 0.3) is 5.76 Å². The topological polar surface area (TPSA) is 111 Å². The highest BCUT2D eigenvalue weighted by molar-refractivity contribution is 6.20. The molecule has 2 heterocycles. The van der Waals surface area contributed by atoms with Crippen molar-refractivity contribution in [3.05, 3.63) is 111 Å². The molecule has 0 spiro atoms. The number of nitrogens with zero attached hydrogens (tertiary/aromatic N) is 1. The fourth-order valence-electron chi connectivity index (χ4n) is 7.73. The van der Waals surface area contributed by atoms with E-state index in [0.717, 1.165) is 35.3 Å². The van der Waals surface area contributed by atoms with E-state index in [0.29, 0.717) is 54.4 Å². The molecule has 45 heavy (non-hydrogen) atoms. The van der Waals surface area contributed by atoms with E-state index >= 15 is 0 Å². The standard InChI is InChI=1S/C37H34N2O6/c1-20-12-13-38-33-25(20)17-27(43-18-21-8-4-2-5-9-21)31-26(33)15-23-14-24-16-28-32(36(42)30(24)34(40)29(23)35(31)41)37(39-45-28)44-19-22-10-6-3-7-11-22/h2-11,17,20,23-24,30,38,41H,12-16,18-19H2,1H3. The van der Waals surface area contributed by atoms with Crippen LogP contribution in [-0.4, -0.2) is 28.4 Å². The lowest BCUT2D eigenvalue weighted by atomic mass is 9.61. The van der Waals surface area contributed by atoms with Crippen LogP contribution < -0.4 is 14.8 Å². The maximum Gasteiger partial charge on any atom is 0.265 e. The predicted octanol–water partition coefficient (Wildman–Crippen LogP) is 6.84. The Balaban J connectivity index is 1.16. The summed E-state index contributed by atoms with van der Waals surface area (Å²) in [7, 11) is 0. The zero-order valence-corrected chi connectivity index (χ0v) is 25.0. The van der Waals surface area contributed by atoms with Crippen molar-refractivity contribution in [2.24, 2.45) is 17.8 Å². The van der Waals surface area contributed by atoms with Crippen LogP contribution >= 0.6 is 0 Å². The van der Waals surface area contributed by atoms with E-state index in [2.05, 4.69) is 17.4 Å². The maximum atomic E-state index is 14.3. The molecule has 1 aromatic heterocycles. The Kier molecular flexibility index (Phi) is 6.73. The van der Waals surface area contributed by atoms with Gasteiger partial charge < -0.3 is 24.4 Å². The highest BCUT2D eigenvalue weighted by Gasteiger charge is 2.52. The number of fused-ring (bicyclic) bond motifs is 6. The molecule has 0 amide bonds. The number of aliphatic hydroxyl groups is 1. The number of ether oxygens (including phenoxy) is 2. The van der Waals surface area contributed by atoms with Gasteiger partial charge in [-0.3, -0.25) is 9.59 Å². The minimum absolute atomic E-state index is 0.0694. The largest absolute Gasteiger partial charge is 0.507 e. The van der Waals surface area contributed by atoms with Crippen LogP contribution in [0.4, 0.5) is 5.69 Å². The van der Waals surface area contributed by atoms with Gasteiger partial charge in [0.1, 0.15) is 30.3 Å². The highest BCUT2D eigenvalue weighted by atomic mass is 16.5. The first-order valence-electron chi connectivity index (χ1n) is 15.8. The maximum absolute atomic E-state index is 14.3. The van der Waals surface area contributed by atoms with E-state index in [1.165, 1.54) is 5.56 Å². The smallest absolute Gasteiger partial charge is 0.265 e. The molecule has 228 valence electrons. The molecule has 2 N–H and O–H groups in total. The fourth-order valence-corrected chi connectivity index (χ4v) is 7.73. The summed E-state index contributed by atoms with van der Waals surface area (Å²) < 4.78 is 17.9. The Hall–Kier alpha value is -4.85. The molecule has 3 aliphatic carbocycles. The predicted molar refractivity (Wildman–Crippen MR) is 167 cm³/mol. The number of benzene rings is 3. The molecule has 8 heteroatoms. The molecule has 4 aliphatic rings. The average Bonchev–Trinajstić information content (AvgIpc) is 3.47. The number of carbonyl (C=O) groups is 2. The van der Waals surface area contributed by atoms with Crippen LogP contribution in [-0.2, 0) is 30.8 Å². The van der Waals surface area contributed by atoms with E-state index in [1.54, 1.807) is 0 Å². The fraction of sp³-hybridized carbons (Fsp3) is 0.324. The van der Waals surface area contributed by atoms with Gasteiger partial charge in [-0.2, -0.15) is 0 Å². The van der Waals surface area contributed by atoms with Crippen LogP contribution in [0.2, 0.25) is 0 Å². The number of rotatable bonds is 6. The quantitative estimate of drug-likeness (QED) is 0.231. The van der Waals surface area contributed by atoms with Gasteiger partial charge in [0.25, 0.3) is 5.88 Å². The molecule has 8 rings (SSSR count). The van der Waals surface area contributed by atoms with Gasteiger partial charge in [-0.15, -0.1) is 0 Å². The van der Waals surface area contributed by atoms with Gasteiger partial charge in [-0.1, -0.05) is 67.6 Å². The van der Waals surface area contributed by atoms with Crippen molar-refractivity contribution in [2.45, 2.75) is 51.7 Å². The molecule has 4 atom stereocenters. The molecule has 1 aliphatic heterocycles. The summed E-state index contributed by atoms with van der Waals surface area (Å²) in [6.07, 6.45) is 2.59. The molecule has 1 saturated carbocycles. The number of ketones is 2. The lowest BCUT2D eigenvalue weighted by Crippen LogP contribution is -2.45. The van der Waals surface area contributed by atoms with E-state index < -0.39 is 5.92 Å². The van der Waals surface area contributed by atoms with E-state index in [1.807, 2.05) is 66.7 Å². The van der Waals surface area contributed by atoms with Gasteiger partial charge in [0.15, 0.2) is 17.3 Å². The van der Waals surface area contributed by atoms with Crippen molar-refractivity contribution in [2.75, 3.05) is 11.9 Å². The number of carbonyl (C=O) groups excluding carboxylic acids is 2. The van der Waals surface area contributed by atoms with Gasteiger partial charge in [-0.25, -0.2) is 0 Å². The van der Waals surface area contributed by atoms with Crippen LogP contribution in [0, 0.1) is 17.8 Å². The van der Waals surface area contributed by atoms with E-state index in [9.17, 15) is 14.7 Å². The molecule has 0 bridgehead atoms. The van der Waals surface area contributed by atoms with Gasteiger partial charge >= 0.3 is 0 Å². The molecular formula is C37H34N2O6. The zero-order chi connectivity index (χ0) is 30.7. The summed E-state index contributed by atoms with van der Waals surface area (Å²) in [4.78, 5) is 28.3. The van der Waals surface area contributed by atoms with Crippen molar-refractivity contribution in [1.82, 2.24) is 5.16 Å². The number of aliphatic hydroxyl groups excluding tert-OH is 1. The zero-order valence-electron chi connectivity index (χ0n) is 25.0. The number of Topliss-reactive ketones (excluding diaryl/α,β-unsaturated/α-hetero) is 2. The van der Waals surface area contributed by atoms with E-state index in [4.69, 9.17) is 14.0 Å². The third kappa shape index (κ3) is 4.62. The van der Waals surface area contributed by atoms with Crippen LogP contribution in [0.15, 0.2) is 76.8 Å². The monoisotopic (exact) mass is 602 g/mol. The number of aromatic nitrogens is 1. The van der Waals surface area contributed by atoms with Crippen molar-refractivity contribution < 1.29 is 28.7 Å². The SMILES string of the molecule is CC1CCNc2c1cc(OCc1ccccc1)c1c2CC2CC3Cc4onc(OCc5ccccc5)c4C(=O)C3C(=O)C2=C1O. The lowest BCUT2D eigenvalue weighted by Gasteiger charge is -2.41. The Labute approximate surface area is 261 Å². The second-order valence-corrected chi connectivity index (χ2v) is 12.7.